The summed E-state index contributed by atoms with van der Waals surface area (Å²) >= 11 is 0. The Hall–Kier alpha value is -1.85. The second-order valence-corrected chi connectivity index (χ2v) is 8.81. The van der Waals surface area contributed by atoms with E-state index < -0.39 is 0 Å². The average Bonchev–Trinajstić information content (AvgIpc) is 2.78. The molecule has 6 heteroatoms. The molecule has 1 saturated heterocycles. The largest absolute Gasteiger partial charge is 0.368 e. The van der Waals surface area contributed by atoms with Crippen LogP contribution in [0.1, 0.15) is 59.2 Å². The number of nitrogen functional groups attached to an aromatic ring is 1. The van der Waals surface area contributed by atoms with E-state index in [2.05, 4.69) is 61.7 Å². The topological polar surface area (TPSA) is 84.1 Å². The Bertz CT molecular complexity index is 666. The van der Waals surface area contributed by atoms with Gasteiger partial charge in [-0.3, -0.25) is 4.79 Å². The Kier molecular flexibility index (Phi) is 5.04. The molecule has 1 aliphatic rings. The van der Waals surface area contributed by atoms with Crippen molar-refractivity contribution in [2.24, 2.45) is 11.8 Å². The van der Waals surface area contributed by atoms with Gasteiger partial charge in [-0.2, -0.15) is 4.98 Å². The molecule has 0 aliphatic carbocycles. The van der Waals surface area contributed by atoms with Crippen LogP contribution >= 0.6 is 0 Å². The van der Waals surface area contributed by atoms with Gasteiger partial charge in [-0.25, -0.2) is 4.98 Å². The first-order chi connectivity index (χ1) is 11.3. The average molecular weight is 348 g/mol. The van der Waals surface area contributed by atoms with Crippen LogP contribution in [-0.2, 0) is 4.79 Å². The van der Waals surface area contributed by atoms with Gasteiger partial charge in [0.05, 0.1) is 5.92 Å². The fraction of sp³-hybridized carbons (Fsp3) is 0.737. The summed E-state index contributed by atoms with van der Waals surface area (Å²) in [6.45, 7) is 17.3. The van der Waals surface area contributed by atoms with E-state index in [1.807, 2.05) is 13.8 Å². The number of nitrogens with zero attached hydrogens (tertiary/aromatic N) is 3. The number of hydrogen-bond donors (Lipinski definition) is 2. The summed E-state index contributed by atoms with van der Waals surface area (Å²) in [4.78, 5) is 23.8. The summed E-state index contributed by atoms with van der Waals surface area (Å²) in [6, 6.07) is 0. The quantitative estimate of drug-likeness (QED) is 0.875. The van der Waals surface area contributed by atoms with E-state index in [4.69, 9.17) is 5.73 Å². The van der Waals surface area contributed by atoms with Crippen LogP contribution < -0.4 is 16.0 Å². The number of aryl methyl sites for hydroxylation is 1. The zero-order chi connectivity index (χ0) is 19.2. The number of rotatable bonds is 4. The van der Waals surface area contributed by atoms with Gasteiger partial charge in [-0.1, -0.05) is 13.8 Å². The lowest BCUT2D eigenvalue weighted by atomic mass is 9.89. The molecule has 140 valence electrons. The highest BCUT2D eigenvalue weighted by atomic mass is 16.2. The van der Waals surface area contributed by atoms with Crippen LogP contribution in [-0.4, -0.2) is 33.5 Å². The highest BCUT2D eigenvalue weighted by molar-refractivity contribution is 5.81. The molecule has 1 aromatic rings. The summed E-state index contributed by atoms with van der Waals surface area (Å²) in [7, 11) is 0. The summed E-state index contributed by atoms with van der Waals surface area (Å²) in [6.07, 6.45) is 0.787. The van der Waals surface area contributed by atoms with Gasteiger partial charge in [0.25, 0.3) is 0 Å². The van der Waals surface area contributed by atoms with E-state index in [1.54, 1.807) is 0 Å². The van der Waals surface area contributed by atoms with E-state index in [1.165, 1.54) is 0 Å². The van der Waals surface area contributed by atoms with Gasteiger partial charge < -0.3 is 16.0 Å². The van der Waals surface area contributed by atoms with Gasteiger partial charge in [0.15, 0.2) is 0 Å². The van der Waals surface area contributed by atoms with E-state index in [9.17, 15) is 4.79 Å². The van der Waals surface area contributed by atoms with Crippen molar-refractivity contribution in [2.75, 3.05) is 17.2 Å². The fourth-order valence-electron chi connectivity index (χ4n) is 3.26. The van der Waals surface area contributed by atoms with Gasteiger partial charge in [0.2, 0.25) is 11.9 Å². The molecule has 2 rings (SSSR count). The van der Waals surface area contributed by atoms with E-state index in [0.717, 1.165) is 23.5 Å². The molecule has 1 atom stereocenters. The lowest BCUT2D eigenvalue weighted by Crippen LogP contribution is -2.49. The molecule has 1 aromatic heterocycles. The molecule has 0 saturated carbocycles. The van der Waals surface area contributed by atoms with Crippen molar-refractivity contribution in [3.63, 3.8) is 0 Å². The molecule has 1 fully saturated rings. The van der Waals surface area contributed by atoms with E-state index in [0.29, 0.717) is 12.5 Å². The van der Waals surface area contributed by atoms with Crippen molar-refractivity contribution in [3.8, 4) is 0 Å². The lowest BCUT2D eigenvalue weighted by molar-refractivity contribution is -0.126. The Morgan fingerprint density at radius 2 is 1.92 bits per heavy atom. The number of amides is 1. The van der Waals surface area contributed by atoms with Crippen molar-refractivity contribution >= 4 is 17.7 Å². The van der Waals surface area contributed by atoms with E-state index >= 15 is 0 Å². The second kappa shape index (κ2) is 6.46. The van der Waals surface area contributed by atoms with Crippen molar-refractivity contribution in [1.29, 1.82) is 0 Å². The molecule has 6 nitrogen and oxygen atoms in total. The van der Waals surface area contributed by atoms with Crippen molar-refractivity contribution in [2.45, 2.75) is 72.9 Å². The maximum absolute atomic E-state index is 12.9. The number of aromatic nitrogens is 2. The number of carbonyl (C=O) groups is 1. The number of nitrogens with two attached hydrogens (primary N) is 1. The molecule has 3 N–H and O–H groups in total. The highest BCUT2D eigenvalue weighted by Gasteiger charge is 2.44. The third kappa shape index (κ3) is 3.88. The molecule has 0 radical (unpaired) electrons. The first kappa shape index (κ1) is 19.5. The van der Waals surface area contributed by atoms with Gasteiger partial charge in [0, 0.05) is 28.9 Å². The SMILES string of the molecule is Cc1nc(N)nc(N2C[C@@H](C(=O)NC(C)(C)C(C)C)CC2(C)C)c1C. The van der Waals surface area contributed by atoms with Crippen LogP contribution in [0.2, 0.25) is 0 Å². The molecule has 0 aromatic carbocycles. The van der Waals surface area contributed by atoms with Crippen molar-refractivity contribution < 1.29 is 4.79 Å². The van der Waals surface area contributed by atoms with Gasteiger partial charge in [-0.05, 0) is 53.9 Å². The van der Waals surface area contributed by atoms with E-state index in [-0.39, 0.29) is 28.9 Å². The minimum Gasteiger partial charge on any atom is -0.368 e. The first-order valence-electron chi connectivity index (χ1n) is 9.05. The standard InChI is InChI=1S/C19H33N5O/c1-11(2)19(7,8)23-16(25)14-9-18(5,6)24(10-14)15-12(3)13(4)21-17(20)22-15/h11,14H,9-10H2,1-8H3,(H,23,25)(H2,20,21,22)/t14-/m0/s1. The molecular weight excluding hydrogens is 314 g/mol. The Labute approximate surface area is 151 Å². The third-order valence-electron chi connectivity index (χ3n) is 5.78. The normalized spacial score (nSPS) is 20.2. The molecule has 0 bridgehead atoms. The van der Waals surface area contributed by atoms with Crippen LogP contribution in [0, 0.1) is 25.7 Å². The minimum atomic E-state index is -0.222. The number of anilines is 2. The number of hydrogen-bond acceptors (Lipinski definition) is 5. The third-order valence-corrected chi connectivity index (χ3v) is 5.78. The monoisotopic (exact) mass is 347 g/mol. The molecule has 0 spiro atoms. The minimum absolute atomic E-state index is 0.0658. The molecule has 2 heterocycles. The molecule has 25 heavy (non-hydrogen) atoms. The van der Waals surface area contributed by atoms with Crippen LogP contribution in [0.3, 0.4) is 0 Å². The number of carbonyl (C=O) groups excluding carboxylic acids is 1. The maximum Gasteiger partial charge on any atom is 0.225 e. The Morgan fingerprint density at radius 3 is 2.48 bits per heavy atom. The smallest absolute Gasteiger partial charge is 0.225 e. The predicted octanol–water partition coefficient (Wildman–Crippen LogP) is 2.83. The van der Waals surface area contributed by atoms with Crippen LogP contribution in [0.4, 0.5) is 11.8 Å². The first-order valence-corrected chi connectivity index (χ1v) is 9.05. The predicted molar refractivity (Wildman–Crippen MR) is 103 cm³/mol. The van der Waals surface area contributed by atoms with Crippen LogP contribution in [0.5, 0.6) is 0 Å². The van der Waals surface area contributed by atoms with Crippen molar-refractivity contribution in [1.82, 2.24) is 15.3 Å². The van der Waals surface area contributed by atoms with Gasteiger partial charge in [-0.15, -0.1) is 0 Å². The van der Waals surface area contributed by atoms with Gasteiger partial charge >= 0.3 is 0 Å². The van der Waals surface area contributed by atoms with Crippen LogP contribution in [0.25, 0.3) is 0 Å². The van der Waals surface area contributed by atoms with Gasteiger partial charge in [0.1, 0.15) is 5.82 Å². The zero-order valence-electron chi connectivity index (χ0n) is 16.9. The maximum atomic E-state index is 12.9. The summed E-state index contributed by atoms with van der Waals surface area (Å²) in [5.74, 6) is 1.54. The van der Waals surface area contributed by atoms with Crippen LogP contribution in [0.15, 0.2) is 0 Å². The molecule has 1 amide bonds. The van der Waals surface area contributed by atoms with Crippen molar-refractivity contribution in [3.05, 3.63) is 11.3 Å². The molecular formula is C19H33N5O. The second-order valence-electron chi connectivity index (χ2n) is 8.81. The molecule has 0 unspecified atom stereocenters. The lowest BCUT2D eigenvalue weighted by Gasteiger charge is -2.33. The summed E-state index contributed by atoms with van der Waals surface area (Å²) in [5.41, 5.74) is 7.38. The highest BCUT2D eigenvalue weighted by Crippen LogP contribution is 2.38. The fourth-order valence-corrected chi connectivity index (χ4v) is 3.26. The summed E-state index contributed by atoms with van der Waals surface area (Å²) in [5, 5.41) is 3.22. The Morgan fingerprint density at radius 1 is 1.32 bits per heavy atom. The molecule has 1 aliphatic heterocycles. The number of nitrogens with one attached hydrogen (secondary N) is 1. The Balaban J connectivity index is 2.26. The zero-order valence-corrected chi connectivity index (χ0v) is 16.9. The summed E-state index contributed by atoms with van der Waals surface area (Å²) < 4.78 is 0.